The van der Waals surface area contributed by atoms with Gasteiger partial charge in [-0.05, 0) is 37.5 Å². The highest BCUT2D eigenvalue weighted by molar-refractivity contribution is 6.01. The standard InChI is InChI=1S/C31H46N4O6/c1-5-8-13-34(14-9-6-2)29(36)27-23-35(16-15-33-17-20-40-21-18-33)28(32-27)25-12-11-24(30(37)39-4)22-26(25)31(38)41-19-10-7-3/h11-12,22-23H,5-10,13-21H2,1-4H3. The Kier molecular flexibility index (Phi) is 13.3. The molecule has 3 rings (SSSR count). The number of imidazole rings is 1. The lowest BCUT2D eigenvalue weighted by molar-refractivity contribution is 0.0364. The molecule has 10 heteroatoms. The van der Waals surface area contributed by atoms with Crippen LogP contribution in [0.2, 0.25) is 0 Å². The molecule has 0 radical (unpaired) electrons. The largest absolute Gasteiger partial charge is 0.465 e. The molecule has 2 aromatic rings. The number of benzene rings is 1. The van der Waals surface area contributed by atoms with E-state index < -0.39 is 11.9 Å². The van der Waals surface area contributed by atoms with E-state index >= 15 is 0 Å². The van der Waals surface area contributed by atoms with Crippen LogP contribution in [0.3, 0.4) is 0 Å². The number of morpholine rings is 1. The molecular formula is C31H46N4O6. The normalized spacial score (nSPS) is 13.7. The Morgan fingerprint density at radius 1 is 0.951 bits per heavy atom. The number of rotatable bonds is 16. The molecule has 41 heavy (non-hydrogen) atoms. The number of nitrogens with zero attached hydrogens (tertiary/aromatic N) is 4. The number of unbranched alkanes of at least 4 members (excludes halogenated alkanes) is 3. The van der Waals surface area contributed by atoms with Crippen LogP contribution in [-0.2, 0) is 20.8 Å². The fourth-order valence-electron chi connectivity index (χ4n) is 4.69. The summed E-state index contributed by atoms with van der Waals surface area (Å²) < 4.78 is 17.9. The summed E-state index contributed by atoms with van der Waals surface area (Å²) in [5.74, 6) is -0.710. The van der Waals surface area contributed by atoms with E-state index in [0.717, 1.165) is 58.2 Å². The number of aromatic nitrogens is 2. The molecule has 0 bridgehead atoms. The highest BCUT2D eigenvalue weighted by Crippen LogP contribution is 2.27. The smallest absolute Gasteiger partial charge is 0.338 e. The third-order valence-corrected chi connectivity index (χ3v) is 7.24. The van der Waals surface area contributed by atoms with Crippen LogP contribution in [-0.4, -0.2) is 96.9 Å². The van der Waals surface area contributed by atoms with Crippen LogP contribution in [0.4, 0.5) is 0 Å². The maximum atomic E-state index is 13.7. The van der Waals surface area contributed by atoms with Crippen LogP contribution in [0.5, 0.6) is 0 Å². The Labute approximate surface area is 243 Å². The van der Waals surface area contributed by atoms with E-state index in [1.165, 1.54) is 13.2 Å². The van der Waals surface area contributed by atoms with Crippen molar-refractivity contribution >= 4 is 17.8 Å². The number of hydrogen-bond donors (Lipinski definition) is 0. The molecule has 1 aliphatic heterocycles. The van der Waals surface area contributed by atoms with E-state index in [1.807, 2.05) is 16.4 Å². The average molecular weight is 571 g/mol. The molecule has 0 spiro atoms. The molecule has 226 valence electrons. The Morgan fingerprint density at radius 3 is 2.27 bits per heavy atom. The van der Waals surface area contributed by atoms with Gasteiger partial charge in [0.1, 0.15) is 11.5 Å². The monoisotopic (exact) mass is 570 g/mol. The van der Waals surface area contributed by atoms with E-state index in [1.54, 1.807) is 18.3 Å². The summed E-state index contributed by atoms with van der Waals surface area (Å²) in [5, 5.41) is 0. The minimum Gasteiger partial charge on any atom is -0.465 e. The van der Waals surface area contributed by atoms with Crippen molar-refractivity contribution in [3.05, 3.63) is 41.2 Å². The van der Waals surface area contributed by atoms with Gasteiger partial charge in [0.2, 0.25) is 0 Å². The molecule has 10 nitrogen and oxygen atoms in total. The lowest BCUT2D eigenvalue weighted by Gasteiger charge is -2.26. The molecule has 0 aliphatic carbocycles. The summed E-state index contributed by atoms with van der Waals surface area (Å²) in [6.45, 7) is 12.2. The highest BCUT2D eigenvalue weighted by atomic mass is 16.5. The van der Waals surface area contributed by atoms with Gasteiger partial charge in [-0.25, -0.2) is 14.6 Å². The van der Waals surface area contributed by atoms with Crippen molar-refractivity contribution in [1.82, 2.24) is 19.4 Å². The summed E-state index contributed by atoms with van der Waals surface area (Å²) in [7, 11) is 1.30. The topological polar surface area (TPSA) is 103 Å². The molecule has 0 N–H and O–H groups in total. The van der Waals surface area contributed by atoms with Crippen molar-refractivity contribution in [2.24, 2.45) is 0 Å². The van der Waals surface area contributed by atoms with Gasteiger partial charge in [0.25, 0.3) is 5.91 Å². The van der Waals surface area contributed by atoms with Gasteiger partial charge in [-0.1, -0.05) is 40.0 Å². The van der Waals surface area contributed by atoms with E-state index in [0.29, 0.717) is 49.9 Å². The van der Waals surface area contributed by atoms with E-state index in [4.69, 9.17) is 19.2 Å². The number of ether oxygens (including phenoxy) is 3. The van der Waals surface area contributed by atoms with Crippen LogP contribution in [0.1, 0.15) is 90.5 Å². The maximum Gasteiger partial charge on any atom is 0.338 e. The lowest BCUT2D eigenvalue weighted by atomic mass is 10.0. The first-order valence-electron chi connectivity index (χ1n) is 15.0. The zero-order chi connectivity index (χ0) is 29.6. The number of methoxy groups -OCH3 is 1. The predicted molar refractivity (Wildman–Crippen MR) is 157 cm³/mol. The molecule has 1 fully saturated rings. The fraction of sp³-hybridized carbons (Fsp3) is 0.613. The molecule has 1 amide bonds. The summed E-state index contributed by atoms with van der Waals surface area (Å²) in [6, 6.07) is 4.80. The van der Waals surface area contributed by atoms with Crippen LogP contribution >= 0.6 is 0 Å². The predicted octanol–water partition coefficient (Wildman–Crippen LogP) is 4.67. The zero-order valence-electron chi connectivity index (χ0n) is 25.2. The minimum atomic E-state index is -0.548. The molecular weight excluding hydrogens is 524 g/mol. The first-order chi connectivity index (χ1) is 19.9. The third kappa shape index (κ3) is 9.13. The first-order valence-corrected chi connectivity index (χ1v) is 15.0. The Hall–Kier alpha value is -3.24. The SMILES string of the molecule is CCCCOC(=O)c1cc(C(=O)OC)ccc1-c1nc(C(=O)N(CCCC)CCCC)cn1CCN1CCOCC1. The van der Waals surface area contributed by atoms with Gasteiger partial charge in [-0.3, -0.25) is 9.69 Å². The molecule has 0 atom stereocenters. The van der Waals surface area contributed by atoms with Crippen LogP contribution in [0, 0.1) is 0 Å². The Balaban J connectivity index is 2.04. The van der Waals surface area contributed by atoms with Gasteiger partial charge < -0.3 is 23.7 Å². The Bertz CT molecular complexity index is 1130. The molecule has 1 aromatic heterocycles. The van der Waals surface area contributed by atoms with Crippen molar-refractivity contribution in [2.75, 3.05) is 59.7 Å². The number of hydrogen-bond acceptors (Lipinski definition) is 8. The number of esters is 2. The van der Waals surface area contributed by atoms with Crippen LogP contribution < -0.4 is 0 Å². The number of carbonyl (C=O) groups is 3. The second-order valence-electron chi connectivity index (χ2n) is 10.3. The van der Waals surface area contributed by atoms with Gasteiger partial charge in [-0.15, -0.1) is 0 Å². The minimum absolute atomic E-state index is 0.114. The summed E-state index contributed by atoms with van der Waals surface area (Å²) >= 11 is 0. The summed E-state index contributed by atoms with van der Waals surface area (Å²) in [6.07, 6.45) is 7.23. The Morgan fingerprint density at radius 2 is 1.63 bits per heavy atom. The third-order valence-electron chi connectivity index (χ3n) is 7.24. The van der Waals surface area contributed by atoms with Crippen molar-refractivity contribution in [3.63, 3.8) is 0 Å². The first kappa shape index (κ1) is 32.3. The van der Waals surface area contributed by atoms with Gasteiger partial charge >= 0.3 is 11.9 Å². The average Bonchev–Trinajstić information content (AvgIpc) is 3.43. The zero-order valence-corrected chi connectivity index (χ0v) is 25.2. The van der Waals surface area contributed by atoms with Crippen molar-refractivity contribution in [1.29, 1.82) is 0 Å². The van der Waals surface area contributed by atoms with Gasteiger partial charge in [0, 0.05) is 51.0 Å². The van der Waals surface area contributed by atoms with Crippen molar-refractivity contribution < 1.29 is 28.6 Å². The van der Waals surface area contributed by atoms with Crippen LogP contribution in [0.15, 0.2) is 24.4 Å². The van der Waals surface area contributed by atoms with E-state index in [-0.39, 0.29) is 23.6 Å². The van der Waals surface area contributed by atoms with Gasteiger partial charge in [0.05, 0.1) is 38.1 Å². The lowest BCUT2D eigenvalue weighted by Crippen LogP contribution is -2.38. The second kappa shape index (κ2) is 16.9. The fourth-order valence-corrected chi connectivity index (χ4v) is 4.69. The quantitative estimate of drug-likeness (QED) is 0.212. The van der Waals surface area contributed by atoms with Gasteiger partial charge in [0.15, 0.2) is 0 Å². The molecule has 1 aliphatic rings. The maximum absolute atomic E-state index is 13.7. The van der Waals surface area contributed by atoms with Crippen LogP contribution in [0.25, 0.3) is 11.4 Å². The van der Waals surface area contributed by atoms with Crippen molar-refractivity contribution in [3.8, 4) is 11.4 Å². The summed E-state index contributed by atoms with van der Waals surface area (Å²) in [5.41, 5.74) is 1.31. The van der Waals surface area contributed by atoms with Gasteiger partial charge in [-0.2, -0.15) is 0 Å². The summed E-state index contributed by atoms with van der Waals surface area (Å²) in [4.78, 5) is 48.3. The molecule has 1 saturated heterocycles. The molecule has 0 unspecified atom stereocenters. The van der Waals surface area contributed by atoms with E-state index in [9.17, 15) is 14.4 Å². The number of amides is 1. The van der Waals surface area contributed by atoms with E-state index in [2.05, 4.69) is 18.7 Å². The molecule has 0 saturated carbocycles. The van der Waals surface area contributed by atoms with Crippen molar-refractivity contribution in [2.45, 2.75) is 65.8 Å². The highest BCUT2D eigenvalue weighted by Gasteiger charge is 2.25. The second-order valence-corrected chi connectivity index (χ2v) is 10.3. The molecule has 2 heterocycles. The number of carbonyl (C=O) groups excluding carboxylic acids is 3. The molecule has 1 aromatic carbocycles.